The fraction of sp³-hybridized carbons (Fsp3) is 0.320. The smallest absolute Gasteiger partial charge is 0.258 e. The van der Waals surface area contributed by atoms with E-state index >= 15 is 0 Å². The van der Waals surface area contributed by atoms with Crippen LogP contribution in [0.15, 0.2) is 64.8 Å². The predicted octanol–water partition coefficient (Wildman–Crippen LogP) is 5.13. The van der Waals surface area contributed by atoms with Gasteiger partial charge in [0.15, 0.2) is 5.11 Å². The minimum absolute atomic E-state index is 0.171. The van der Waals surface area contributed by atoms with Crippen molar-refractivity contribution in [2.75, 3.05) is 19.8 Å². The molecule has 6 nitrogen and oxygen atoms in total. The molecule has 1 aliphatic heterocycles. The number of nitrogens with zero attached hydrogens (tertiary/aromatic N) is 3. The van der Waals surface area contributed by atoms with Crippen molar-refractivity contribution in [2.45, 2.75) is 33.2 Å². The molecule has 1 aliphatic rings. The lowest BCUT2D eigenvalue weighted by Gasteiger charge is -2.37. The molecule has 1 atom stereocenters. The number of aromatic nitrogens is 2. The van der Waals surface area contributed by atoms with Crippen LogP contribution in [-0.2, 0) is 4.74 Å². The van der Waals surface area contributed by atoms with Gasteiger partial charge >= 0.3 is 0 Å². The average Bonchev–Trinajstić information content (AvgIpc) is 3.29. The highest BCUT2D eigenvalue weighted by Gasteiger charge is 2.33. The maximum atomic E-state index is 5.78. The lowest BCUT2D eigenvalue weighted by atomic mass is 9.94. The van der Waals surface area contributed by atoms with Crippen LogP contribution in [0.1, 0.15) is 43.3 Å². The SMILES string of the molecule is CCOCCCN1C(=S)NC(c2ccc(C)cc2)C(c2nc(-c3ccccc3)no2)=C1C. The third kappa shape index (κ3) is 4.74. The van der Waals surface area contributed by atoms with Gasteiger partial charge in [0.2, 0.25) is 5.82 Å². The van der Waals surface area contributed by atoms with Crippen molar-refractivity contribution >= 4 is 22.9 Å². The molecule has 0 aliphatic carbocycles. The number of rotatable bonds is 8. The number of hydrogen-bond donors (Lipinski definition) is 1. The van der Waals surface area contributed by atoms with Gasteiger partial charge in [0.05, 0.1) is 11.6 Å². The molecular weight excluding hydrogens is 420 g/mol. The fourth-order valence-electron chi connectivity index (χ4n) is 3.84. The van der Waals surface area contributed by atoms with E-state index in [0.717, 1.165) is 35.4 Å². The molecule has 0 saturated heterocycles. The molecule has 1 aromatic heterocycles. The molecule has 0 saturated carbocycles. The molecule has 166 valence electrons. The lowest BCUT2D eigenvalue weighted by Crippen LogP contribution is -2.46. The predicted molar refractivity (Wildman–Crippen MR) is 130 cm³/mol. The van der Waals surface area contributed by atoms with Gasteiger partial charge in [-0.1, -0.05) is 65.3 Å². The van der Waals surface area contributed by atoms with E-state index in [9.17, 15) is 0 Å². The Labute approximate surface area is 194 Å². The summed E-state index contributed by atoms with van der Waals surface area (Å²) in [6.07, 6.45) is 0.870. The highest BCUT2D eigenvalue weighted by molar-refractivity contribution is 7.80. The molecule has 1 N–H and O–H groups in total. The van der Waals surface area contributed by atoms with Gasteiger partial charge in [-0.15, -0.1) is 0 Å². The van der Waals surface area contributed by atoms with Crippen LogP contribution in [0.2, 0.25) is 0 Å². The number of allylic oxidation sites excluding steroid dienone is 1. The average molecular weight is 449 g/mol. The van der Waals surface area contributed by atoms with E-state index in [1.165, 1.54) is 5.56 Å². The Morgan fingerprint density at radius 3 is 2.56 bits per heavy atom. The number of ether oxygens (including phenoxy) is 1. The largest absolute Gasteiger partial charge is 0.382 e. The van der Waals surface area contributed by atoms with Gasteiger partial charge in [-0.3, -0.25) is 0 Å². The Bertz CT molecular complexity index is 1090. The normalized spacial score (nSPS) is 16.4. The summed E-state index contributed by atoms with van der Waals surface area (Å²) in [5.74, 6) is 1.07. The molecule has 0 amide bonds. The van der Waals surface area contributed by atoms with E-state index in [0.29, 0.717) is 30.0 Å². The van der Waals surface area contributed by atoms with Crippen LogP contribution in [0.3, 0.4) is 0 Å². The first-order valence-corrected chi connectivity index (χ1v) is 11.3. The molecule has 2 aromatic carbocycles. The van der Waals surface area contributed by atoms with Crippen LogP contribution in [0.4, 0.5) is 0 Å². The number of aryl methyl sites for hydroxylation is 1. The molecular formula is C25H28N4O2S. The second kappa shape index (κ2) is 10.1. The van der Waals surface area contributed by atoms with Crippen LogP contribution in [0.25, 0.3) is 17.0 Å². The molecule has 0 spiro atoms. The van der Waals surface area contributed by atoms with Crippen molar-refractivity contribution in [3.05, 3.63) is 77.3 Å². The van der Waals surface area contributed by atoms with E-state index in [1.807, 2.05) is 37.3 Å². The number of hydrogen-bond acceptors (Lipinski definition) is 5. The zero-order valence-electron chi connectivity index (χ0n) is 18.7. The highest BCUT2D eigenvalue weighted by atomic mass is 32.1. The number of thiocarbonyl (C=S) groups is 1. The third-order valence-electron chi connectivity index (χ3n) is 5.57. The van der Waals surface area contributed by atoms with E-state index < -0.39 is 0 Å². The van der Waals surface area contributed by atoms with Crippen molar-refractivity contribution in [3.8, 4) is 11.4 Å². The summed E-state index contributed by atoms with van der Waals surface area (Å²) in [7, 11) is 0. The van der Waals surface area contributed by atoms with Crippen molar-refractivity contribution in [1.82, 2.24) is 20.4 Å². The lowest BCUT2D eigenvalue weighted by molar-refractivity contribution is 0.141. The zero-order chi connectivity index (χ0) is 22.5. The van der Waals surface area contributed by atoms with E-state index in [4.69, 9.17) is 26.5 Å². The zero-order valence-corrected chi connectivity index (χ0v) is 19.5. The Kier molecular flexibility index (Phi) is 6.97. The molecule has 1 unspecified atom stereocenters. The van der Waals surface area contributed by atoms with Gasteiger partial charge in [0.1, 0.15) is 0 Å². The summed E-state index contributed by atoms with van der Waals surface area (Å²) < 4.78 is 11.3. The first kappa shape index (κ1) is 22.2. The van der Waals surface area contributed by atoms with E-state index in [1.54, 1.807) is 0 Å². The van der Waals surface area contributed by atoms with Crippen molar-refractivity contribution in [2.24, 2.45) is 0 Å². The van der Waals surface area contributed by atoms with Gasteiger partial charge in [-0.05, 0) is 45.0 Å². The maximum Gasteiger partial charge on any atom is 0.258 e. The van der Waals surface area contributed by atoms with Gasteiger partial charge in [-0.25, -0.2) is 0 Å². The van der Waals surface area contributed by atoms with Crippen LogP contribution in [0.5, 0.6) is 0 Å². The van der Waals surface area contributed by atoms with Crippen molar-refractivity contribution in [1.29, 1.82) is 0 Å². The van der Waals surface area contributed by atoms with Crippen molar-refractivity contribution in [3.63, 3.8) is 0 Å². The summed E-state index contributed by atoms with van der Waals surface area (Å²) in [6, 6.07) is 18.1. The molecule has 2 heterocycles. The summed E-state index contributed by atoms with van der Waals surface area (Å²) in [5.41, 5.74) is 5.17. The Morgan fingerprint density at radius 2 is 1.84 bits per heavy atom. The van der Waals surface area contributed by atoms with Crippen LogP contribution >= 0.6 is 12.2 Å². The Hall–Kier alpha value is -3.03. The summed E-state index contributed by atoms with van der Waals surface area (Å²) >= 11 is 5.74. The number of benzene rings is 2. The number of nitrogens with one attached hydrogen (secondary N) is 1. The monoisotopic (exact) mass is 448 g/mol. The molecule has 32 heavy (non-hydrogen) atoms. The summed E-state index contributed by atoms with van der Waals surface area (Å²) in [6.45, 7) is 8.30. The molecule has 0 radical (unpaired) electrons. The Balaban J connectivity index is 1.73. The summed E-state index contributed by atoms with van der Waals surface area (Å²) in [4.78, 5) is 6.84. The van der Waals surface area contributed by atoms with Crippen LogP contribution < -0.4 is 5.32 Å². The van der Waals surface area contributed by atoms with Crippen LogP contribution in [0, 0.1) is 6.92 Å². The summed E-state index contributed by atoms with van der Waals surface area (Å²) in [5, 5.41) is 8.44. The van der Waals surface area contributed by atoms with Crippen molar-refractivity contribution < 1.29 is 9.26 Å². The van der Waals surface area contributed by atoms with Crippen LogP contribution in [-0.4, -0.2) is 39.9 Å². The van der Waals surface area contributed by atoms with Gasteiger partial charge in [0, 0.05) is 31.0 Å². The Morgan fingerprint density at radius 1 is 1.09 bits per heavy atom. The molecule has 3 aromatic rings. The molecule has 0 bridgehead atoms. The quantitative estimate of drug-likeness (QED) is 0.378. The topological polar surface area (TPSA) is 63.4 Å². The van der Waals surface area contributed by atoms with E-state index in [2.05, 4.69) is 53.5 Å². The first-order valence-electron chi connectivity index (χ1n) is 10.9. The highest BCUT2D eigenvalue weighted by Crippen LogP contribution is 2.37. The second-order valence-electron chi connectivity index (χ2n) is 7.78. The first-order chi connectivity index (χ1) is 15.6. The fourth-order valence-corrected chi connectivity index (χ4v) is 4.19. The standard InChI is InChI=1S/C25H28N4O2S/c1-4-30-16-8-15-29-18(3)21(22(26-25(29)32)19-13-11-17(2)12-14-19)24-27-23(28-31-24)20-9-6-5-7-10-20/h5-7,9-14,22H,4,8,15-16H2,1-3H3,(H,26,32). The van der Waals surface area contributed by atoms with E-state index in [-0.39, 0.29) is 6.04 Å². The molecule has 0 fully saturated rings. The van der Waals surface area contributed by atoms with Gasteiger partial charge < -0.3 is 19.5 Å². The van der Waals surface area contributed by atoms with Gasteiger partial charge in [-0.2, -0.15) is 4.98 Å². The molecule has 7 heteroatoms. The molecule has 4 rings (SSSR count). The third-order valence-corrected chi connectivity index (χ3v) is 5.91. The second-order valence-corrected chi connectivity index (χ2v) is 8.17. The maximum absolute atomic E-state index is 5.78. The minimum Gasteiger partial charge on any atom is -0.382 e. The van der Waals surface area contributed by atoms with Gasteiger partial charge in [0.25, 0.3) is 5.89 Å². The minimum atomic E-state index is -0.171.